The Morgan fingerprint density at radius 3 is 2.19 bits per heavy atom. The number of aromatic hydroxyl groups is 1. The molecule has 0 amide bonds. The van der Waals surface area contributed by atoms with Gasteiger partial charge in [0.05, 0.1) is 37.4 Å². The second-order valence-electron chi connectivity index (χ2n) is 13.9. The third-order valence-corrected chi connectivity index (χ3v) is 11.1. The van der Waals surface area contributed by atoms with Crippen molar-refractivity contribution in [2.45, 2.75) is 31.3 Å². The molecule has 0 spiro atoms. The lowest BCUT2D eigenvalue weighted by molar-refractivity contribution is -0.924. The summed E-state index contributed by atoms with van der Waals surface area (Å²) in [4.78, 5) is 47.3. The van der Waals surface area contributed by atoms with Crippen LogP contribution in [0, 0.1) is 15.5 Å². The van der Waals surface area contributed by atoms with Crippen molar-refractivity contribution < 1.29 is 19.8 Å². The van der Waals surface area contributed by atoms with Crippen LogP contribution >= 0.6 is 24.4 Å². The monoisotopic (exact) mass is 760 g/mol. The van der Waals surface area contributed by atoms with Gasteiger partial charge >= 0.3 is 0 Å². The number of ether oxygens (including phenoxy) is 1. The van der Waals surface area contributed by atoms with Crippen molar-refractivity contribution in [3.63, 3.8) is 0 Å². The summed E-state index contributed by atoms with van der Waals surface area (Å²) in [5, 5.41) is 26.6. The molecule has 274 valence electrons. The summed E-state index contributed by atoms with van der Waals surface area (Å²) >= 11 is 11.0. The van der Waals surface area contributed by atoms with Crippen molar-refractivity contribution in [3.8, 4) is 28.9 Å². The number of hydrogen-bond acceptors (Lipinski definition) is 8. The van der Waals surface area contributed by atoms with Crippen molar-refractivity contribution in [2.75, 3.05) is 20.2 Å². The SMILES string of the molecule is COc1ccc(C(c2c([O-])n(-c3ccccc3)c(=S)[nH]c2=O)c2c(O)n(-c3ccccc3)c(=S)[nH]c2=O)cc1C[NH+]1C[C@H]2C[C@@H](C1)c1cccc(=O)n1C2. The van der Waals surface area contributed by atoms with Crippen LogP contribution in [-0.2, 0) is 13.1 Å². The fourth-order valence-electron chi connectivity index (χ4n) is 8.34. The van der Waals surface area contributed by atoms with Gasteiger partial charge in [-0.25, -0.2) is 0 Å². The first-order valence-corrected chi connectivity index (χ1v) is 18.4. The van der Waals surface area contributed by atoms with Crippen LogP contribution in [0.4, 0.5) is 0 Å². The number of benzene rings is 3. The quantitative estimate of drug-likeness (QED) is 0.172. The Bertz CT molecular complexity index is 2590. The van der Waals surface area contributed by atoms with E-state index in [0.29, 0.717) is 41.7 Å². The number of piperidine rings is 1. The lowest BCUT2D eigenvalue weighted by Gasteiger charge is -2.40. The molecule has 5 heterocycles. The predicted octanol–water partition coefficient (Wildman–Crippen LogP) is 3.44. The van der Waals surface area contributed by atoms with Gasteiger partial charge in [-0.2, -0.15) is 0 Å². The van der Waals surface area contributed by atoms with Crippen LogP contribution in [-0.4, -0.2) is 49.0 Å². The molecule has 1 saturated heterocycles. The second-order valence-corrected chi connectivity index (χ2v) is 14.6. The molecule has 3 aromatic carbocycles. The van der Waals surface area contributed by atoms with Crippen LogP contribution < -0.4 is 31.4 Å². The Kier molecular flexibility index (Phi) is 9.26. The van der Waals surface area contributed by atoms with Crippen molar-refractivity contribution in [2.24, 2.45) is 5.92 Å². The standard InChI is InChI=1S/C40H36N6O6S2/c1-52-30-16-15-24(18-26(30)22-43-19-23-17-25(21-43)29-13-8-14-31(47)44(29)20-23)32(33-35(48)41-39(53)45(37(33)50)27-9-4-2-5-10-27)34-36(49)42-40(54)46(38(34)51)28-11-6-3-7-12-28/h2-16,18,23,25,32,50-51H,17,19-22H2,1H3,(H,41,48,53)(H,42,49,54)/t23-,25+/m1/s1. The molecule has 0 aliphatic carbocycles. The highest BCUT2D eigenvalue weighted by molar-refractivity contribution is 7.71. The molecule has 14 heteroatoms. The molecule has 1 fully saturated rings. The zero-order chi connectivity index (χ0) is 37.7. The van der Waals surface area contributed by atoms with Crippen molar-refractivity contribution in [1.29, 1.82) is 0 Å². The number of H-pyrrole nitrogens is 2. The van der Waals surface area contributed by atoms with Gasteiger partial charge in [0.2, 0.25) is 5.88 Å². The summed E-state index contributed by atoms with van der Waals surface area (Å²) in [6.45, 7) is 2.80. The fourth-order valence-corrected chi connectivity index (χ4v) is 8.90. The van der Waals surface area contributed by atoms with Crippen LogP contribution in [0.15, 0.2) is 111 Å². The minimum atomic E-state index is -1.37. The molecule has 2 unspecified atom stereocenters. The molecule has 12 nitrogen and oxygen atoms in total. The number of aromatic amines is 2. The summed E-state index contributed by atoms with van der Waals surface area (Å²) in [5.41, 5.74) is 1.01. The second kappa shape index (κ2) is 14.2. The summed E-state index contributed by atoms with van der Waals surface area (Å²) in [7, 11) is 1.58. The van der Waals surface area contributed by atoms with E-state index >= 15 is 0 Å². The highest BCUT2D eigenvalue weighted by Gasteiger charge is 2.38. The van der Waals surface area contributed by atoms with Gasteiger partial charge in [-0.3, -0.25) is 28.9 Å². The molecule has 0 radical (unpaired) electrons. The molecule has 0 saturated carbocycles. The van der Waals surface area contributed by atoms with E-state index in [2.05, 4.69) is 9.97 Å². The van der Waals surface area contributed by atoms with Gasteiger partial charge in [-0.05, 0) is 84.8 Å². The van der Waals surface area contributed by atoms with Gasteiger partial charge in [0.15, 0.2) is 9.54 Å². The van der Waals surface area contributed by atoms with Crippen molar-refractivity contribution in [1.82, 2.24) is 23.7 Å². The summed E-state index contributed by atoms with van der Waals surface area (Å²) < 4.78 is 10.1. The van der Waals surface area contributed by atoms with E-state index < -0.39 is 28.8 Å². The number of aromatic nitrogens is 5. The number of fused-ring (bicyclic) bond motifs is 4. The highest BCUT2D eigenvalue weighted by atomic mass is 32.1. The zero-order valence-corrected chi connectivity index (χ0v) is 30.8. The molecule has 3 aromatic heterocycles. The number of quaternary nitrogens is 1. The van der Waals surface area contributed by atoms with E-state index in [1.54, 1.807) is 86.0 Å². The van der Waals surface area contributed by atoms with Crippen LogP contribution in [0.5, 0.6) is 17.5 Å². The Morgan fingerprint density at radius 1 is 0.852 bits per heavy atom. The molecule has 54 heavy (non-hydrogen) atoms. The molecule has 2 aliphatic heterocycles. The lowest BCUT2D eigenvalue weighted by atomic mass is 9.82. The van der Waals surface area contributed by atoms with E-state index in [1.165, 1.54) is 14.0 Å². The Labute approximate surface area is 318 Å². The number of nitrogens with one attached hydrogen (secondary N) is 3. The molecule has 2 aliphatic rings. The third-order valence-electron chi connectivity index (χ3n) is 10.6. The first-order valence-electron chi connectivity index (χ1n) is 17.6. The highest BCUT2D eigenvalue weighted by Crippen LogP contribution is 2.39. The Morgan fingerprint density at radius 2 is 1.50 bits per heavy atom. The van der Waals surface area contributed by atoms with Gasteiger partial charge in [-0.1, -0.05) is 48.5 Å². The molecular weight excluding hydrogens is 725 g/mol. The zero-order valence-electron chi connectivity index (χ0n) is 29.2. The van der Waals surface area contributed by atoms with Crippen molar-refractivity contribution >= 4 is 24.4 Å². The van der Waals surface area contributed by atoms with Gasteiger partial charge in [0.25, 0.3) is 16.7 Å². The largest absolute Gasteiger partial charge is 0.859 e. The normalized spacial score (nSPS) is 18.1. The van der Waals surface area contributed by atoms with E-state index in [0.717, 1.165) is 30.8 Å². The summed E-state index contributed by atoms with van der Waals surface area (Å²) in [5.74, 6) is -1.54. The van der Waals surface area contributed by atoms with E-state index in [1.807, 2.05) is 22.8 Å². The van der Waals surface area contributed by atoms with E-state index in [9.17, 15) is 24.6 Å². The number of para-hydroxylation sites is 2. The molecular formula is C40H36N6O6S2. The van der Waals surface area contributed by atoms with Gasteiger partial charge in [-0.15, -0.1) is 0 Å². The first-order chi connectivity index (χ1) is 26.1. The average molecular weight is 761 g/mol. The van der Waals surface area contributed by atoms with Crippen molar-refractivity contribution in [3.05, 3.63) is 166 Å². The van der Waals surface area contributed by atoms with E-state index in [4.69, 9.17) is 29.2 Å². The lowest BCUT2D eigenvalue weighted by Crippen LogP contribution is -3.13. The topological polar surface area (TPSA) is 155 Å². The maximum absolute atomic E-state index is 14.6. The van der Waals surface area contributed by atoms with Gasteiger partial charge in [0.1, 0.15) is 12.3 Å². The number of methoxy groups -OCH3 is 1. The molecule has 2 bridgehead atoms. The Hall–Kier alpha value is -5.83. The number of pyridine rings is 1. The summed E-state index contributed by atoms with van der Waals surface area (Å²) in [6.07, 6.45) is 1.00. The van der Waals surface area contributed by atoms with Crippen LogP contribution in [0.25, 0.3) is 11.4 Å². The first kappa shape index (κ1) is 35.2. The number of hydrogen-bond donors (Lipinski definition) is 4. The number of nitrogens with zero attached hydrogens (tertiary/aromatic N) is 3. The average Bonchev–Trinajstić information content (AvgIpc) is 3.15. The fraction of sp³-hybridized carbons (Fsp3) is 0.225. The minimum Gasteiger partial charge on any atom is -0.859 e. The molecule has 4 atom stereocenters. The van der Waals surface area contributed by atoms with Gasteiger partial charge < -0.3 is 29.0 Å². The maximum atomic E-state index is 14.6. The minimum absolute atomic E-state index is 0.0207. The van der Waals surface area contributed by atoms with E-state index in [-0.39, 0.29) is 32.1 Å². The smallest absolute Gasteiger partial charge is 0.259 e. The van der Waals surface area contributed by atoms with Crippen LogP contribution in [0.1, 0.15) is 46.2 Å². The number of rotatable bonds is 8. The maximum Gasteiger partial charge on any atom is 0.259 e. The van der Waals surface area contributed by atoms with Crippen LogP contribution in [0.3, 0.4) is 0 Å². The Balaban J connectivity index is 1.31. The number of likely N-dealkylation sites (tertiary alicyclic amines) is 1. The van der Waals surface area contributed by atoms with Gasteiger partial charge in [0, 0.05) is 47.0 Å². The third kappa shape index (κ3) is 6.21. The summed E-state index contributed by atoms with van der Waals surface area (Å²) in [6, 6.07) is 28.1. The molecule has 4 N–H and O–H groups in total. The molecule has 6 aromatic rings. The van der Waals surface area contributed by atoms with Crippen LogP contribution in [0.2, 0.25) is 0 Å². The molecule has 8 rings (SSSR count). The predicted molar refractivity (Wildman–Crippen MR) is 205 cm³/mol.